The van der Waals surface area contributed by atoms with Crippen LogP contribution < -0.4 is 15.8 Å². The van der Waals surface area contributed by atoms with Gasteiger partial charge in [0.2, 0.25) is 5.91 Å². The van der Waals surface area contributed by atoms with Crippen LogP contribution in [-0.4, -0.2) is 11.9 Å². The average Bonchev–Trinajstić information content (AvgIpc) is 3.02. The second kappa shape index (κ2) is 8.88. The fourth-order valence-corrected chi connectivity index (χ4v) is 3.08. The molecular weight excluding hydrogens is 336 g/mol. The molecule has 2 aromatic rings. The van der Waals surface area contributed by atoms with Gasteiger partial charge in [-0.25, -0.2) is 0 Å². The van der Waals surface area contributed by atoms with Gasteiger partial charge < -0.3 is 15.8 Å². The number of amides is 1. The van der Waals surface area contributed by atoms with Crippen molar-refractivity contribution in [3.05, 3.63) is 59.7 Å². The first-order valence-electron chi connectivity index (χ1n) is 8.45. The van der Waals surface area contributed by atoms with Crippen molar-refractivity contribution in [2.45, 2.75) is 38.8 Å². The van der Waals surface area contributed by atoms with Crippen molar-refractivity contribution in [2.24, 2.45) is 11.7 Å². The quantitative estimate of drug-likeness (QED) is 0.845. The first-order valence-corrected chi connectivity index (χ1v) is 8.45. The van der Waals surface area contributed by atoms with Crippen molar-refractivity contribution in [1.82, 2.24) is 0 Å². The lowest BCUT2D eigenvalue weighted by Gasteiger charge is -2.16. The third kappa shape index (κ3) is 5.21. The Bertz CT molecular complexity index is 706. The minimum atomic E-state index is 0. The number of carbonyl (C=O) groups is 1. The molecule has 4 nitrogen and oxygen atoms in total. The summed E-state index contributed by atoms with van der Waals surface area (Å²) < 4.78 is 5.95. The molecule has 1 saturated carbocycles. The maximum absolute atomic E-state index is 12.4. The Hall–Kier alpha value is -2.04. The van der Waals surface area contributed by atoms with Crippen LogP contribution in [0.4, 0.5) is 5.69 Å². The normalized spacial score (nSPS) is 19.1. The number of aryl methyl sites for hydroxylation is 1. The third-order valence-electron chi connectivity index (χ3n) is 4.48. The van der Waals surface area contributed by atoms with E-state index in [1.165, 1.54) is 0 Å². The summed E-state index contributed by atoms with van der Waals surface area (Å²) in [6.45, 7) is 2.48. The van der Waals surface area contributed by atoms with E-state index in [1.54, 1.807) is 0 Å². The Kier molecular flexibility index (Phi) is 6.85. The highest BCUT2D eigenvalue weighted by molar-refractivity contribution is 5.94. The fraction of sp³-hybridized carbons (Fsp3) is 0.350. The second-order valence-electron chi connectivity index (χ2n) is 6.53. The van der Waals surface area contributed by atoms with E-state index in [4.69, 9.17) is 10.5 Å². The molecule has 3 N–H and O–H groups in total. The first kappa shape index (κ1) is 19.3. The Morgan fingerprint density at radius 2 is 1.96 bits per heavy atom. The van der Waals surface area contributed by atoms with Crippen molar-refractivity contribution in [3.8, 4) is 5.75 Å². The maximum Gasteiger partial charge on any atom is 0.227 e. The van der Waals surface area contributed by atoms with Crippen LogP contribution in [0.3, 0.4) is 0 Å². The molecule has 0 aliphatic heterocycles. The summed E-state index contributed by atoms with van der Waals surface area (Å²) in [5.41, 5.74) is 8.83. The van der Waals surface area contributed by atoms with E-state index in [0.717, 1.165) is 36.1 Å². The van der Waals surface area contributed by atoms with Gasteiger partial charge >= 0.3 is 0 Å². The number of anilines is 1. The van der Waals surface area contributed by atoms with Gasteiger partial charge in [-0.1, -0.05) is 36.4 Å². The molecule has 0 radical (unpaired) electrons. The number of ether oxygens (including phenoxy) is 1. The number of carbonyl (C=O) groups excluding carboxylic acids is 1. The molecule has 0 spiro atoms. The van der Waals surface area contributed by atoms with Crippen molar-refractivity contribution < 1.29 is 9.53 Å². The van der Waals surface area contributed by atoms with E-state index in [0.29, 0.717) is 12.4 Å². The number of nitrogens with two attached hydrogens (primary N) is 1. The highest BCUT2D eigenvalue weighted by atomic mass is 35.5. The largest absolute Gasteiger partial charge is 0.487 e. The zero-order valence-corrected chi connectivity index (χ0v) is 15.2. The summed E-state index contributed by atoms with van der Waals surface area (Å²) in [7, 11) is 0. The van der Waals surface area contributed by atoms with E-state index in [1.807, 2.05) is 55.5 Å². The molecule has 5 heteroatoms. The number of halogens is 1. The lowest BCUT2D eigenvalue weighted by atomic mass is 10.1. The zero-order valence-electron chi connectivity index (χ0n) is 14.4. The van der Waals surface area contributed by atoms with Crippen LogP contribution in [0.15, 0.2) is 48.5 Å². The molecule has 0 aromatic heterocycles. The van der Waals surface area contributed by atoms with Crippen LogP contribution in [0.25, 0.3) is 0 Å². The molecule has 1 aliphatic carbocycles. The standard InChI is InChI=1S/C20H24N2O2.ClH/c1-14-7-10-18(22-20(23)16-8-9-17(21)12-16)19(11-14)24-13-15-5-3-2-4-6-15;/h2-7,10-11,16-17H,8-9,12-13,21H2,1H3,(H,22,23);1H. The van der Waals surface area contributed by atoms with E-state index < -0.39 is 0 Å². The summed E-state index contributed by atoms with van der Waals surface area (Å²) >= 11 is 0. The average molecular weight is 361 g/mol. The van der Waals surface area contributed by atoms with Crippen molar-refractivity contribution in [1.29, 1.82) is 0 Å². The second-order valence-corrected chi connectivity index (χ2v) is 6.53. The minimum Gasteiger partial charge on any atom is -0.487 e. The Labute approximate surface area is 155 Å². The molecule has 2 atom stereocenters. The Balaban J connectivity index is 0.00000225. The molecule has 1 amide bonds. The number of nitrogens with one attached hydrogen (secondary N) is 1. The fourth-order valence-electron chi connectivity index (χ4n) is 3.08. The van der Waals surface area contributed by atoms with E-state index in [2.05, 4.69) is 5.32 Å². The molecule has 3 rings (SSSR count). The van der Waals surface area contributed by atoms with Crippen LogP contribution in [0.2, 0.25) is 0 Å². The van der Waals surface area contributed by atoms with E-state index in [9.17, 15) is 4.79 Å². The molecule has 2 aromatic carbocycles. The summed E-state index contributed by atoms with van der Waals surface area (Å²) in [5, 5.41) is 3.02. The van der Waals surface area contributed by atoms with Gasteiger partial charge in [0.05, 0.1) is 5.69 Å². The monoisotopic (exact) mass is 360 g/mol. The minimum absolute atomic E-state index is 0. The Morgan fingerprint density at radius 3 is 2.64 bits per heavy atom. The van der Waals surface area contributed by atoms with Crippen LogP contribution in [0, 0.1) is 12.8 Å². The van der Waals surface area contributed by atoms with Crippen molar-refractivity contribution in [2.75, 3.05) is 5.32 Å². The SMILES string of the molecule is Cc1ccc(NC(=O)C2CCC(N)C2)c(OCc2ccccc2)c1.Cl. The summed E-state index contributed by atoms with van der Waals surface area (Å²) in [4.78, 5) is 12.4. The first-order chi connectivity index (χ1) is 11.6. The smallest absolute Gasteiger partial charge is 0.227 e. The Morgan fingerprint density at radius 1 is 1.20 bits per heavy atom. The number of hydrogen-bond acceptors (Lipinski definition) is 3. The molecule has 0 saturated heterocycles. The molecule has 0 heterocycles. The molecule has 1 aliphatic rings. The number of rotatable bonds is 5. The highest BCUT2D eigenvalue weighted by Gasteiger charge is 2.28. The van der Waals surface area contributed by atoms with Gasteiger partial charge in [0.25, 0.3) is 0 Å². The van der Waals surface area contributed by atoms with Gasteiger partial charge in [-0.05, 0) is 49.4 Å². The highest BCUT2D eigenvalue weighted by Crippen LogP contribution is 2.30. The topological polar surface area (TPSA) is 64.4 Å². The molecular formula is C20H25ClN2O2. The van der Waals surface area contributed by atoms with Crippen LogP contribution >= 0.6 is 12.4 Å². The van der Waals surface area contributed by atoms with Gasteiger partial charge in [-0.2, -0.15) is 0 Å². The van der Waals surface area contributed by atoms with Crippen molar-refractivity contribution >= 4 is 24.0 Å². The third-order valence-corrected chi connectivity index (χ3v) is 4.48. The molecule has 1 fully saturated rings. The van der Waals surface area contributed by atoms with E-state index >= 15 is 0 Å². The predicted octanol–water partition coefficient (Wildman–Crippen LogP) is 4.06. The van der Waals surface area contributed by atoms with Gasteiger partial charge in [-0.15, -0.1) is 12.4 Å². The van der Waals surface area contributed by atoms with Gasteiger partial charge in [0.1, 0.15) is 12.4 Å². The molecule has 0 bridgehead atoms. The zero-order chi connectivity index (χ0) is 16.9. The summed E-state index contributed by atoms with van der Waals surface area (Å²) in [5.74, 6) is 0.745. The number of benzene rings is 2. The van der Waals surface area contributed by atoms with Gasteiger partial charge in [0.15, 0.2) is 0 Å². The maximum atomic E-state index is 12.4. The summed E-state index contributed by atoms with van der Waals surface area (Å²) in [6, 6.07) is 16.0. The van der Waals surface area contributed by atoms with Crippen LogP contribution in [0.5, 0.6) is 5.75 Å². The van der Waals surface area contributed by atoms with Crippen LogP contribution in [0.1, 0.15) is 30.4 Å². The lowest BCUT2D eigenvalue weighted by Crippen LogP contribution is -2.23. The molecule has 25 heavy (non-hydrogen) atoms. The van der Waals surface area contributed by atoms with Gasteiger partial charge in [-0.3, -0.25) is 4.79 Å². The van der Waals surface area contributed by atoms with Gasteiger partial charge in [0, 0.05) is 12.0 Å². The van der Waals surface area contributed by atoms with Crippen molar-refractivity contribution in [3.63, 3.8) is 0 Å². The predicted molar refractivity (Wildman–Crippen MR) is 103 cm³/mol. The van der Waals surface area contributed by atoms with E-state index in [-0.39, 0.29) is 30.3 Å². The summed E-state index contributed by atoms with van der Waals surface area (Å²) in [6.07, 6.45) is 2.54. The lowest BCUT2D eigenvalue weighted by molar-refractivity contribution is -0.119. The number of hydrogen-bond donors (Lipinski definition) is 2. The van der Waals surface area contributed by atoms with Crippen LogP contribution in [-0.2, 0) is 11.4 Å². The molecule has 2 unspecified atom stereocenters. The molecule has 134 valence electrons.